The van der Waals surface area contributed by atoms with Crippen molar-refractivity contribution in [2.75, 3.05) is 0 Å². The molecule has 2 N–H and O–H groups in total. The van der Waals surface area contributed by atoms with Crippen molar-refractivity contribution >= 4 is 17.7 Å². The van der Waals surface area contributed by atoms with Crippen LogP contribution >= 0.6 is 11.8 Å². The molecule has 1 atom stereocenters. The van der Waals surface area contributed by atoms with Gasteiger partial charge in [-0.15, -0.1) is 0 Å². The van der Waals surface area contributed by atoms with Crippen molar-refractivity contribution in [2.45, 2.75) is 38.1 Å². The zero-order valence-electron chi connectivity index (χ0n) is 8.40. The molecule has 1 fully saturated rings. The van der Waals surface area contributed by atoms with E-state index in [-0.39, 0.29) is 17.3 Å². The Bertz CT molecular complexity index is 273. The summed E-state index contributed by atoms with van der Waals surface area (Å²) in [6.07, 6.45) is 6.18. The van der Waals surface area contributed by atoms with Crippen LogP contribution in [0, 0.1) is 5.92 Å². The minimum Gasteiger partial charge on any atom is -0.302 e. The average Bonchev–Trinajstić information content (AvgIpc) is 2.91. The Kier molecular flexibility index (Phi) is 2.83. The summed E-state index contributed by atoms with van der Waals surface area (Å²) in [7, 11) is 0. The van der Waals surface area contributed by atoms with Crippen molar-refractivity contribution < 1.29 is 4.79 Å². The largest absolute Gasteiger partial charge is 0.302 e. The Morgan fingerprint density at radius 3 is 3.00 bits per heavy atom. The third kappa shape index (κ3) is 1.96. The molecule has 0 radical (unpaired) electrons. The van der Waals surface area contributed by atoms with Gasteiger partial charge in [0.15, 0.2) is 0 Å². The van der Waals surface area contributed by atoms with E-state index < -0.39 is 0 Å². The maximum atomic E-state index is 11.8. The monoisotopic (exact) mass is 212 g/mol. The smallest absolute Gasteiger partial charge is 0.231 e. The van der Waals surface area contributed by atoms with Crippen molar-refractivity contribution in [2.24, 2.45) is 11.7 Å². The van der Waals surface area contributed by atoms with Crippen LogP contribution in [0.5, 0.6) is 0 Å². The first kappa shape index (κ1) is 10.1. The first-order valence-electron chi connectivity index (χ1n) is 5.17. The predicted octanol–water partition coefficient (Wildman–Crippen LogP) is 1.86. The molecule has 14 heavy (non-hydrogen) atoms. The molecule has 78 valence electrons. The van der Waals surface area contributed by atoms with Crippen LogP contribution < -0.4 is 5.73 Å². The van der Waals surface area contributed by atoms with Crippen LogP contribution in [-0.4, -0.2) is 16.3 Å². The van der Waals surface area contributed by atoms with E-state index in [1.807, 2.05) is 6.20 Å². The first-order valence-corrected chi connectivity index (χ1v) is 6.05. The minimum atomic E-state index is -0.176. The van der Waals surface area contributed by atoms with E-state index in [0.29, 0.717) is 0 Å². The van der Waals surface area contributed by atoms with Crippen LogP contribution in [0.2, 0.25) is 0 Å². The highest BCUT2D eigenvalue weighted by molar-refractivity contribution is 8.03. The highest BCUT2D eigenvalue weighted by atomic mass is 32.2. The molecule has 3 nitrogen and oxygen atoms in total. The summed E-state index contributed by atoms with van der Waals surface area (Å²) in [6.45, 7) is 2.14. The minimum absolute atomic E-state index is 0.176. The molecule has 1 aliphatic carbocycles. The number of hydrogen-bond acceptors (Lipinski definition) is 3. The summed E-state index contributed by atoms with van der Waals surface area (Å²) < 4.78 is 0. The first-order chi connectivity index (χ1) is 6.72. The van der Waals surface area contributed by atoms with Gasteiger partial charge in [-0.3, -0.25) is 9.69 Å². The molecule has 0 saturated heterocycles. The summed E-state index contributed by atoms with van der Waals surface area (Å²) in [5, 5.41) is 0. The van der Waals surface area contributed by atoms with Crippen molar-refractivity contribution in [1.82, 2.24) is 4.90 Å². The highest BCUT2D eigenvalue weighted by Gasteiger charge is 2.37. The van der Waals surface area contributed by atoms with E-state index in [2.05, 4.69) is 6.92 Å². The number of thioether (sulfide) groups is 1. The van der Waals surface area contributed by atoms with Crippen LogP contribution in [0.4, 0.5) is 0 Å². The van der Waals surface area contributed by atoms with Gasteiger partial charge >= 0.3 is 0 Å². The number of carbonyl (C=O) groups excluding carboxylic acids is 1. The third-order valence-electron chi connectivity index (χ3n) is 2.51. The van der Waals surface area contributed by atoms with Crippen molar-refractivity contribution in [3.8, 4) is 0 Å². The number of hydrogen-bond donors (Lipinski definition) is 1. The zero-order valence-corrected chi connectivity index (χ0v) is 9.22. The van der Waals surface area contributed by atoms with Gasteiger partial charge in [-0.1, -0.05) is 25.1 Å². The van der Waals surface area contributed by atoms with E-state index >= 15 is 0 Å². The van der Waals surface area contributed by atoms with Gasteiger partial charge in [0.25, 0.3) is 0 Å². The maximum absolute atomic E-state index is 11.8. The molecule has 1 saturated carbocycles. The lowest BCUT2D eigenvalue weighted by Crippen LogP contribution is -2.38. The number of amides is 1. The molecule has 2 rings (SSSR count). The molecule has 2 aliphatic rings. The average molecular weight is 212 g/mol. The normalized spacial score (nSPS) is 26.6. The Labute approximate surface area is 88.7 Å². The summed E-state index contributed by atoms with van der Waals surface area (Å²) in [5.41, 5.74) is 5.71. The van der Waals surface area contributed by atoms with Crippen molar-refractivity contribution in [3.05, 3.63) is 11.1 Å². The van der Waals surface area contributed by atoms with Gasteiger partial charge in [-0.05, 0) is 19.3 Å². The molecule has 0 spiro atoms. The van der Waals surface area contributed by atoms with E-state index in [9.17, 15) is 4.79 Å². The SMILES string of the molecule is CCCC1=CN(C(=O)C2CC2)C(N)S1. The van der Waals surface area contributed by atoms with E-state index in [1.54, 1.807) is 16.7 Å². The number of allylic oxidation sites excluding steroid dienone is 1. The molecule has 0 aromatic heterocycles. The molecule has 0 aromatic carbocycles. The standard InChI is InChI=1S/C10H16N2OS/c1-2-3-8-6-12(10(11)14-8)9(13)7-4-5-7/h6-7,10H,2-5,11H2,1H3. The summed E-state index contributed by atoms with van der Waals surface area (Å²) in [5.74, 6) is 0.481. The topological polar surface area (TPSA) is 46.3 Å². The maximum Gasteiger partial charge on any atom is 0.231 e. The zero-order chi connectivity index (χ0) is 10.1. The number of carbonyl (C=O) groups is 1. The van der Waals surface area contributed by atoms with Gasteiger partial charge in [0.2, 0.25) is 5.91 Å². The van der Waals surface area contributed by atoms with Crippen molar-refractivity contribution in [3.63, 3.8) is 0 Å². The molecule has 1 amide bonds. The molecule has 0 bridgehead atoms. The van der Waals surface area contributed by atoms with Crippen LogP contribution in [0.25, 0.3) is 0 Å². The molecular formula is C10H16N2OS. The fraction of sp³-hybridized carbons (Fsp3) is 0.700. The molecule has 4 heteroatoms. The lowest BCUT2D eigenvalue weighted by atomic mass is 10.3. The van der Waals surface area contributed by atoms with E-state index in [0.717, 1.165) is 25.7 Å². The number of rotatable bonds is 3. The fourth-order valence-corrected chi connectivity index (χ4v) is 2.66. The van der Waals surface area contributed by atoms with Gasteiger partial charge in [0, 0.05) is 17.0 Å². The highest BCUT2D eigenvalue weighted by Crippen LogP contribution is 2.38. The van der Waals surface area contributed by atoms with Gasteiger partial charge in [-0.25, -0.2) is 0 Å². The predicted molar refractivity (Wildman–Crippen MR) is 58.1 cm³/mol. The summed E-state index contributed by atoms with van der Waals surface area (Å²) in [4.78, 5) is 14.7. The van der Waals surface area contributed by atoms with Gasteiger partial charge < -0.3 is 5.73 Å². The van der Waals surface area contributed by atoms with E-state index in [1.165, 1.54) is 4.91 Å². The summed E-state index contributed by atoms with van der Waals surface area (Å²) >= 11 is 1.62. The fourth-order valence-electron chi connectivity index (χ4n) is 1.57. The second-order valence-electron chi connectivity index (χ2n) is 3.87. The molecule has 1 heterocycles. The Balaban J connectivity index is 2.00. The van der Waals surface area contributed by atoms with Gasteiger partial charge in [0.05, 0.1) is 0 Å². The van der Waals surface area contributed by atoms with Crippen molar-refractivity contribution in [1.29, 1.82) is 0 Å². The van der Waals surface area contributed by atoms with Gasteiger partial charge in [-0.2, -0.15) is 0 Å². The second-order valence-corrected chi connectivity index (χ2v) is 5.12. The molecule has 1 unspecified atom stereocenters. The Morgan fingerprint density at radius 2 is 2.43 bits per heavy atom. The summed E-state index contributed by atoms with van der Waals surface area (Å²) in [6, 6.07) is 0. The van der Waals surface area contributed by atoms with Crippen LogP contribution in [-0.2, 0) is 4.79 Å². The van der Waals surface area contributed by atoms with Crippen LogP contribution in [0.1, 0.15) is 32.6 Å². The quantitative estimate of drug-likeness (QED) is 0.776. The second kappa shape index (κ2) is 3.95. The Morgan fingerprint density at radius 1 is 1.71 bits per heavy atom. The molecule has 0 aromatic rings. The van der Waals surface area contributed by atoms with E-state index in [4.69, 9.17) is 5.73 Å². The van der Waals surface area contributed by atoms with Crippen LogP contribution in [0.15, 0.2) is 11.1 Å². The lowest BCUT2D eigenvalue weighted by molar-refractivity contribution is -0.130. The molecule has 1 aliphatic heterocycles. The lowest BCUT2D eigenvalue weighted by Gasteiger charge is -2.18. The third-order valence-corrected chi connectivity index (χ3v) is 3.59. The number of nitrogens with zero attached hydrogens (tertiary/aromatic N) is 1. The molecular weight excluding hydrogens is 196 g/mol. The van der Waals surface area contributed by atoms with Crippen LogP contribution in [0.3, 0.4) is 0 Å². The Hall–Kier alpha value is -0.480. The van der Waals surface area contributed by atoms with Gasteiger partial charge in [0.1, 0.15) is 5.50 Å². The number of nitrogens with two attached hydrogens (primary N) is 1.